The molecular formula is C17H27NO2. The zero-order chi connectivity index (χ0) is 14.6. The maximum absolute atomic E-state index is 11.8. The Bertz CT molecular complexity index is 373. The van der Waals surface area contributed by atoms with Crippen molar-refractivity contribution in [3.8, 4) is 5.88 Å². The highest BCUT2D eigenvalue weighted by atomic mass is 16.5. The van der Waals surface area contributed by atoms with Crippen LogP contribution in [0.3, 0.4) is 0 Å². The van der Waals surface area contributed by atoms with Crippen molar-refractivity contribution in [3.63, 3.8) is 0 Å². The fourth-order valence-electron chi connectivity index (χ4n) is 2.23. The van der Waals surface area contributed by atoms with Crippen LogP contribution >= 0.6 is 0 Å². The SMILES string of the molecule is CCCCCCCCCC(=O)Cc1ccc(OC)nc1. The summed E-state index contributed by atoms with van der Waals surface area (Å²) in [5.74, 6) is 0.902. The smallest absolute Gasteiger partial charge is 0.212 e. The van der Waals surface area contributed by atoms with Crippen molar-refractivity contribution >= 4 is 5.78 Å². The van der Waals surface area contributed by atoms with Gasteiger partial charge in [-0.2, -0.15) is 0 Å². The Hall–Kier alpha value is -1.38. The summed E-state index contributed by atoms with van der Waals surface area (Å²) in [6.45, 7) is 2.23. The second-order valence-electron chi connectivity index (χ2n) is 5.30. The maximum Gasteiger partial charge on any atom is 0.212 e. The molecule has 1 aromatic heterocycles. The molecule has 3 heteroatoms. The van der Waals surface area contributed by atoms with E-state index in [9.17, 15) is 4.79 Å². The lowest BCUT2D eigenvalue weighted by Gasteiger charge is -2.03. The molecule has 0 saturated heterocycles. The van der Waals surface area contributed by atoms with Crippen molar-refractivity contribution < 1.29 is 9.53 Å². The average Bonchev–Trinajstić information content (AvgIpc) is 2.47. The van der Waals surface area contributed by atoms with Gasteiger partial charge in [0, 0.05) is 25.1 Å². The Labute approximate surface area is 122 Å². The first kappa shape index (κ1) is 16.7. The lowest BCUT2D eigenvalue weighted by atomic mass is 10.0. The quantitative estimate of drug-likeness (QED) is 0.565. The van der Waals surface area contributed by atoms with Crippen LogP contribution in [-0.4, -0.2) is 17.9 Å². The Morgan fingerprint density at radius 2 is 1.80 bits per heavy atom. The van der Waals surface area contributed by atoms with E-state index in [0.29, 0.717) is 24.5 Å². The number of ether oxygens (including phenoxy) is 1. The van der Waals surface area contributed by atoms with Gasteiger partial charge in [0.05, 0.1) is 7.11 Å². The molecule has 0 unspecified atom stereocenters. The van der Waals surface area contributed by atoms with Gasteiger partial charge in [-0.05, 0) is 12.0 Å². The van der Waals surface area contributed by atoms with Crippen molar-refractivity contribution in [1.82, 2.24) is 4.98 Å². The summed E-state index contributed by atoms with van der Waals surface area (Å²) in [5, 5.41) is 0. The molecule has 0 radical (unpaired) electrons. The topological polar surface area (TPSA) is 39.2 Å². The lowest BCUT2D eigenvalue weighted by molar-refractivity contribution is -0.118. The molecule has 112 valence electrons. The number of hydrogen-bond acceptors (Lipinski definition) is 3. The summed E-state index contributed by atoms with van der Waals surface area (Å²) >= 11 is 0. The Morgan fingerprint density at radius 3 is 2.40 bits per heavy atom. The van der Waals surface area contributed by atoms with Crippen LogP contribution in [-0.2, 0) is 11.2 Å². The highest BCUT2D eigenvalue weighted by Gasteiger charge is 2.04. The van der Waals surface area contributed by atoms with Gasteiger partial charge in [0.15, 0.2) is 0 Å². The third-order valence-corrected chi connectivity index (χ3v) is 3.47. The van der Waals surface area contributed by atoms with Crippen molar-refractivity contribution in [3.05, 3.63) is 23.9 Å². The van der Waals surface area contributed by atoms with Crippen LogP contribution in [0.4, 0.5) is 0 Å². The predicted molar refractivity (Wildman–Crippen MR) is 82.1 cm³/mol. The van der Waals surface area contributed by atoms with Crippen molar-refractivity contribution in [2.75, 3.05) is 7.11 Å². The van der Waals surface area contributed by atoms with Crippen molar-refractivity contribution in [2.24, 2.45) is 0 Å². The summed E-state index contributed by atoms with van der Waals surface area (Å²) in [6.07, 6.45) is 11.6. The van der Waals surface area contributed by atoms with E-state index in [1.165, 1.54) is 38.5 Å². The third-order valence-electron chi connectivity index (χ3n) is 3.47. The zero-order valence-electron chi connectivity index (χ0n) is 12.9. The lowest BCUT2D eigenvalue weighted by Crippen LogP contribution is -2.03. The monoisotopic (exact) mass is 277 g/mol. The molecule has 0 N–H and O–H groups in total. The molecule has 0 bridgehead atoms. The molecule has 0 aliphatic rings. The van der Waals surface area contributed by atoms with Gasteiger partial charge in [-0.25, -0.2) is 4.98 Å². The van der Waals surface area contributed by atoms with Crippen LogP contribution < -0.4 is 4.74 Å². The molecule has 1 aromatic rings. The molecule has 0 saturated carbocycles. The molecule has 0 spiro atoms. The van der Waals surface area contributed by atoms with Gasteiger partial charge in [0.2, 0.25) is 5.88 Å². The predicted octanol–water partition coefficient (Wildman–Crippen LogP) is 4.34. The second-order valence-corrected chi connectivity index (χ2v) is 5.30. The van der Waals surface area contributed by atoms with E-state index in [1.54, 1.807) is 19.4 Å². The number of unbranched alkanes of at least 4 members (excludes halogenated alkanes) is 6. The number of rotatable bonds is 11. The van der Waals surface area contributed by atoms with Crippen molar-refractivity contribution in [2.45, 2.75) is 64.7 Å². The highest BCUT2D eigenvalue weighted by molar-refractivity contribution is 5.80. The number of pyridine rings is 1. The number of hydrogen-bond donors (Lipinski definition) is 0. The Balaban J connectivity index is 2.10. The van der Waals surface area contributed by atoms with Gasteiger partial charge in [-0.3, -0.25) is 4.79 Å². The second kappa shape index (κ2) is 10.4. The fraction of sp³-hybridized carbons (Fsp3) is 0.647. The number of nitrogens with zero attached hydrogens (tertiary/aromatic N) is 1. The van der Waals surface area contributed by atoms with Gasteiger partial charge in [0.25, 0.3) is 0 Å². The van der Waals surface area contributed by atoms with Gasteiger partial charge in [0.1, 0.15) is 5.78 Å². The van der Waals surface area contributed by atoms with E-state index in [1.807, 2.05) is 6.07 Å². The number of ketones is 1. The van der Waals surface area contributed by atoms with E-state index in [-0.39, 0.29) is 0 Å². The molecule has 1 heterocycles. The average molecular weight is 277 g/mol. The largest absolute Gasteiger partial charge is 0.481 e. The van der Waals surface area contributed by atoms with Gasteiger partial charge in [-0.1, -0.05) is 51.5 Å². The molecule has 0 amide bonds. The molecule has 0 atom stereocenters. The first-order valence-electron chi connectivity index (χ1n) is 7.77. The first-order chi connectivity index (χ1) is 9.76. The normalized spacial score (nSPS) is 10.5. The third kappa shape index (κ3) is 7.27. The van der Waals surface area contributed by atoms with Gasteiger partial charge < -0.3 is 4.74 Å². The van der Waals surface area contributed by atoms with Crippen molar-refractivity contribution in [1.29, 1.82) is 0 Å². The molecule has 1 rings (SSSR count). The van der Waals surface area contributed by atoms with Gasteiger partial charge >= 0.3 is 0 Å². The van der Waals surface area contributed by atoms with Crippen LogP contribution in [0.5, 0.6) is 5.88 Å². The number of carbonyl (C=O) groups is 1. The van der Waals surface area contributed by atoms with E-state index in [0.717, 1.165) is 12.0 Å². The molecule has 0 fully saturated rings. The molecular weight excluding hydrogens is 250 g/mol. The van der Waals surface area contributed by atoms with Crippen LogP contribution in [0.1, 0.15) is 63.9 Å². The molecule has 20 heavy (non-hydrogen) atoms. The fourth-order valence-corrected chi connectivity index (χ4v) is 2.23. The Morgan fingerprint density at radius 1 is 1.10 bits per heavy atom. The summed E-state index contributed by atoms with van der Waals surface area (Å²) in [5.41, 5.74) is 0.971. The van der Waals surface area contributed by atoms with Crippen LogP contribution in [0, 0.1) is 0 Å². The summed E-state index contributed by atoms with van der Waals surface area (Å²) in [4.78, 5) is 16.0. The standard InChI is InChI=1S/C17H27NO2/c1-3-4-5-6-7-8-9-10-16(19)13-15-11-12-17(20-2)18-14-15/h11-12,14H,3-10,13H2,1-2H3. The summed E-state index contributed by atoms with van der Waals surface area (Å²) in [6, 6.07) is 3.71. The van der Waals surface area contributed by atoms with Crippen LogP contribution in [0.25, 0.3) is 0 Å². The van der Waals surface area contributed by atoms with E-state index >= 15 is 0 Å². The Kier molecular flexibility index (Phi) is 8.68. The van der Waals surface area contributed by atoms with Crippen LogP contribution in [0.2, 0.25) is 0 Å². The minimum absolute atomic E-state index is 0.311. The number of carbonyl (C=O) groups excluding carboxylic acids is 1. The first-order valence-corrected chi connectivity index (χ1v) is 7.77. The number of Topliss-reactive ketones (excluding diaryl/α,β-unsaturated/α-hetero) is 1. The molecule has 0 aliphatic carbocycles. The van der Waals surface area contributed by atoms with E-state index < -0.39 is 0 Å². The summed E-state index contributed by atoms with van der Waals surface area (Å²) in [7, 11) is 1.59. The molecule has 3 nitrogen and oxygen atoms in total. The minimum Gasteiger partial charge on any atom is -0.481 e. The van der Waals surface area contributed by atoms with E-state index in [4.69, 9.17) is 4.74 Å². The summed E-state index contributed by atoms with van der Waals surface area (Å²) < 4.78 is 5.00. The van der Waals surface area contributed by atoms with E-state index in [2.05, 4.69) is 11.9 Å². The number of methoxy groups -OCH3 is 1. The van der Waals surface area contributed by atoms with Crippen LogP contribution in [0.15, 0.2) is 18.3 Å². The molecule has 0 aliphatic heterocycles. The molecule has 0 aromatic carbocycles. The number of aromatic nitrogens is 1. The zero-order valence-corrected chi connectivity index (χ0v) is 12.9. The highest BCUT2D eigenvalue weighted by Crippen LogP contribution is 2.11. The minimum atomic E-state index is 0.311. The van der Waals surface area contributed by atoms with Gasteiger partial charge in [-0.15, -0.1) is 0 Å². The maximum atomic E-state index is 11.8.